The molecule has 2 amide bonds. The number of amides is 2. The third kappa shape index (κ3) is 3.59. The minimum Gasteiger partial charge on any atom is -0.425 e. The summed E-state index contributed by atoms with van der Waals surface area (Å²) in [6.07, 6.45) is 5.29. The highest BCUT2D eigenvalue weighted by Gasteiger charge is 2.27. The Morgan fingerprint density at radius 2 is 2.04 bits per heavy atom. The third-order valence-corrected chi connectivity index (χ3v) is 5.04. The summed E-state index contributed by atoms with van der Waals surface area (Å²) in [5.74, 6) is -0.517. The second-order valence-corrected chi connectivity index (χ2v) is 6.81. The molecule has 3 rings (SSSR count). The molecule has 1 saturated heterocycles. The lowest BCUT2D eigenvalue weighted by Gasteiger charge is -2.11. The minimum atomic E-state index is -0.454. The van der Waals surface area contributed by atoms with Crippen molar-refractivity contribution >= 4 is 46.6 Å². The maximum Gasteiger partial charge on any atom is 0.314 e. The topological polar surface area (TPSA) is 72.5 Å². The monoisotopic (exact) mass is 351 g/mol. The molecule has 7 heteroatoms. The van der Waals surface area contributed by atoms with E-state index in [4.69, 9.17) is 16.3 Å². The predicted molar refractivity (Wildman–Crippen MR) is 88.2 cm³/mol. The second kappa shape index (κ2) is 6.76. The van der Waals surface area contributed by atoms with E-state index >= 15 is 0 Å². The molecule has 1 aromatic rings. The van der Waals surface area contributed by atoms with Gasteiger partial charge in [0.15, 0.2) is 0 Å². The molecule has 120 valence electrons. The summed E-state index contributed by atoms with van der Waals surface area (Å²) in [6, 6.07) is 5.00. The quantitative estimate of drug-likeness (QED) is 0.510. The number of carbonyl (C=O) groups is 3. The maximum atomic E-state index is 12.1. The lowest BCUT2D eigenvalue weighted by atomic mass is 10.1. The number of halogens is 1. The summed E-state index contributed by atoms with van der Waals surface area (Å²) in [6.45, 7) is 0. The van der Waals surface area contributed by atoms with Gasteiger partial charge >= 0.3 is 5.97 Å². The van der Waals surface area contributed by atoms with Crippen molar-refractivity contribution in [1.29, 1.82) is 0 Å². The normalized spacial score (nSPS) is 20.1. The van der Waals surface area contributed by atoms with Gasteiger partial charge in [-0.15, -0.1) is 0 Å². The van der Waals surface area contributed by atoms with Crippen molar-refractivity contribution in [3.63, 3.8) is 0 Å². The molecule has 2 aliphatic rings. The summed E-state index contributed by atoms with van der Waals surface area (Å²) in [5.41, 5.74) is 0.524. The van der Waals surface area contributed by atoms with Gasteiger partial charge in [-0.1, -0.05) is 36.6 Å². The van der Waals surface area contributed by atoms with Crippen LogP contribution in [0.2, 0.25) is 5.02 Å². The SMILES string of the molecule is O=C1NC(=O)C(=Cc2cccc(OC(=O)C3CCCC3)c2Cl)S1. The Morgan fingerprint density at radius 3 is 2.70 bits per heavy atom. The second-order valence-electron chi connectivity index (χ2n) is 5.41. The Kier molecular flexibility index (Phi) is 4.73. The molecule has 5 nitrogen and oxygen atoms in total. The van der Waals surface area contributed by atoms with Crippen LogP contribution in [-0.4, -0.2) is 17.1 Å². The lowest BCUT2D eigenvalue weighted by molar-refractivity contribution is -0.138. The van der Waals surface area contributed by atoms with E-state index in [0.717, 1.165) is 37.4 Å². The average Bonchev–Trinajstić information content (AvgIpc) is 3.13. The smallest absolute Gasteiger partial charge is 0.314 e. The molecule has 1 aliphatic heterocycles. The van der Waals surface area contributed by atoms with Crippen molar-refractivity contribution in [2.45, 2.75) is 25.7 Å². The van der Waals surface area contributed by atoms with Crippen molar-refractivity contribution in [3.05, 3.63) is 33.7 Å². The first-order valence-electron chi connectivity index (χ1n) is 7.29. The molecular formula is C16H14ClNO4S. The summed E-state index contributed by atoms with van der Waals surface area (Å²) in [7, 11) is 0. The third-order valence-electron chi connectivity index (χ3n) is 3.82. The van der Waals surface area contributed by atoms with Gasteiger partial charge in [0.05, 0.1) is 15.8 Å². The van der Waals surface area contributed by atoms with Crippen molar-refractivity contribution < 1.29 is 19.1 Å². The molecule has 1 N–H and O–H groups in total. The van der Waals surface area contributed by atoms with E-state index in [9.17, 15) is 14.4 Å². The highest BCUT2D eigenvalue weighted by Crippen LogP contribution is 2.34. The number of thioether (sulfide) groups is 1. The summed E-state index contributed by atoms with van der Waals surface area (Å²) in [4.78, 5) is 35.1. The van der Waals surface area contributed by atoms with Gasteiger partial charge in [0.1, 0.15) is 5.75 Å². The van der Waals surface area contributed by atoms with Crippen LogP contribution in [0.1, 0.15) is 31.2 Å². The highest BCUT2D eigenvalue weighted by molar-refractivity contribution is 8.18. The van der Waals surface area contributed by atoms with Crippen LogP contribution in [0.15, 0.2) is 23.1 Å². The molecule has 1 saturated carbocycles. The van der Waals surface area contributed by atoms with Crippen LogP contribution in [-0.2, 0) is 9.59 Å². The van der Waals surface area contributed by atoms with E-state index in [1.54, 1.807) is 18.2 Å². The van der Waals surface area contributed by atoms with Crippen LogP contribution < -0.4 is 10.1 Å². The van der Waals surface area contributed by atoms with Gasteiger partial charge in [0, 0.05) is 0 Å². The number of nitrogens with one attached hydrogen (secondary N) is 1. The zero-order chi connectivity index (χ0) is 16.4. The average molecular weight is 352 g/mol. The van der Waals surface area contributed by atoms with E-state index in [2.05, 4.69) is 5.32 Å². The van der Waals surface area contributed by atoms with Gasteiger partial charge in [-0.05, 0) is 42.3 Å². The van der Waals surface area contributed by atoms with E-state index in [-0.39, 0.29) is 27.6 Å². The first-order valence-corrected chi connectivity index (χ1v) is 8.49. The van der Waals surface area contributed by atoms with E-state index < -0.39 is 11.1 Å². The molecule has 0 aromatic heterocycles. The summed E-state index contributed by atoms with van der Waals surface area (Å²) in [5, 5.41) is 2.01. The number of hydrogen-bond donors (Lipinski definition) is 1. The molecule has 1 aromatic carbocycles. The molecule has 1 heterocycles. The largest absolute Gasteiger partial charge is 0.425 e. The molecule has 0 spiro atoms. The molecule has 2 fully saturated rings. The molecule has 0 radical (unpaired) electrons. The van der Waals surface area contributed by atoms with Gasteiger partial charge in [-0.25, -0.2) is 0 Å². The van der Waals surface area contributed by atoms with Gasteiger partial charge in [0.25, 0.3) is 11.1 Å². The number of rotatable bonds is 3. The van der Waals surface area contributed by atoms with Gasteiger partial charge in [-0.2, -0.15) is 0 Å². The van der Waals surface area contributed by atoms with Crippen LogP contribution in [0.5, 0.6) is 5.75 Å². The Bertz CT molecular complexity index is 710. The molecule has 0 atom stereocenters. The first-order chi connectivity index (χ1) is 11.0. The number of benzene rings is 1. The predicted octanol–water partition coefficient (Wildman–Crippen LogP) is 3.76. The van der Waals surface area contributed by atoms with Gasteiger partial charge in [0.2, 0.25) is 0 Å². The number of hydrogen-bond acceptors (Lipinski definition) is 5. The fourth-order valence-electron chi connectivity index (χ4n) is 2.63. The zero-order valence-corrected chi connectivity index (χ0v) is 13.7. The molecular weight excluding hydrogens is 338 g/mol. The van der Waals surface area contributed by atoms with E-state index in [1.807, 2.05) is 0 Å². The molecule has 0 unspecified atom stereocenters. The molecule has 23 heavy (non-hydrogen) atoms. The fraction of sp³-hybridized carbons (Fsp3) is 0.312. The highest BCUT2D eigenvalue weighted by atomic mass is 35.5. The molecule has 1 aliphatic carbocycles. The molecule has 0 bridgehead atoms. The Morgan fingerprint density at radius 1 is 1.30 bits per heavy atom. The Balaban J connectivity index is 1.81. The Hall–Kier alpha value is -1.79. The Labute approximate surface area is 142 Å². The lowest BCUT2D eigenvalue weighted by Crippen LogP contribution is -2.18. The summed E-state index contributed by atoms with van der Waals surface area (Å²) >= 11 is 7.09. The maximum absolute atomic E-state index is 12.1. The van der Waals surface area contributed by atoms with E-state index in [1.165, 1.54) is 6.08 Å². The zero-order valence-electron chi connectivity index (χ0n) is 12.1. The standard InChI is InChI=1S/C16H14ClNO4S/c17-13-10(8-12-14(19)18-16(21)23-12)6-3-7-11(13)22-15(20)9-4-1-2-5-9/h3,6-9H,1-2,4-5H2,(H,18,19,21). The minimum absolute atomic E-state index is 0.0677. The van der Waals surface area contributed by atoms with Crippen molar-refractivity contribution in [2.24, 2.45) is 5.92 Å². The van der Waals surface area contributed by atoms with Crippen LogP contribution in [0, 0.1) is 5.92 Å². The van der Waals surface area contributed by atoms with Crippen molar-refractivity contribution in [3.8, 4) is 5.75 Å². The fourth-order valence-corrected chi connectivity index (χ4v) is 3.53. The van der Waals surface area contributed by atoms with Crippen LogP contribution in [0.4, 0.5) is 4.79 Å². The van der Waals surface area contributed by atoms with Crippen LogP contribution in [0.25, 0.3) is 6.08 Å². The number of carbonyl (C=O) groups excluding carboxylic acids is 3. The number of ether oxygens (including phenoxy) is 1. The number of imide groups is 1. The first kappa shape index (κ1) is 16.1. The van der Waals surface area contributed by atoms with Crippen molar-refractivity contribution in [2.75, 3.05) is 0 Å². The number of esters is 1. The van der Waals surface area contributed by atoms with Crippen LogP contribution in [0.3, 0.4) is 0 Å². The summed E-state index contributed by atoms with van der Waals surface area (Å²) < 4.78 is 5.41. The van der Waals surface area contributed by atoms with Gasteiger partial charge in [-0.3, -0.25) is 19.7 Å². The van der Waals surface area contributed by atoms with Gasteiger partial charge < -0.3 is 4.74 Å². The van der Waals surface area contributed by atoms with Crippen LogP contribution >= 0.6 is 23.4 Å². The van der Waals surface area contributed by atoms with Crippen molar-refractivity contribution in [1.82, 2.24) is 5.32 Å². The van der Waals surface area contributed by atoms with E-state index in [0.29, 0.717) is 5.56 Å².